The van der Waals surface area contributed by atoms with Crippen LogP contribution in [0.1, 0.15) is 30.1 Å². The van der Waals surface area contributed by atoms with Gasteiger partial charge in [0, 0.05) is 31.4 Å². The minimum absolute atomic E-state index is 0.305. The van der Waals surface area contributed by atoms with E-state index in [2.05, 4.69) is 35.1 Å². The highest BCUT2D eigenvalue weighted by atomic mass is 19.1. The Labute approximate surface area is 156 Å². The molecular weight excluding hydrogens is 345 g/mol. The Morgan fingerprint density at radius 2 is 1.93 bits per heavy atom. The van der Waals surface area contributed by atoms with E-state index in [9.17, 15) is 4.39 Å². The second kappa shape index (κ2) is 8.13. The van der Waals surface area contributed by atoms with Gasteiger partial charge < -0.3 is 5.32 Å². The summed E-state index contributed by atoms with van der Waals surface area (Å²) in [6.45, 7) is 2.62. The molecule has 7 nitrogen and oxygen atoms in total. The van der Waals surface area contributed by atoms with Crippen LogP contribution in [-0.4, -0.2) is 42.9 Å². The normalized spacial score (nSPS) is 17.6. The number of rotatable bonds is 5. The molecule has 0 spiro atoms. The summed E-state index contributed by atoms with van der Waals surface area (Å²) < 4.78 is 13.0. The second-order valence-electron chi connectivity index (χ2n) is 6.58. The maximum absolute atomic E-state index is 13.0. The summed E-state index contributed by atoms with van der Waals surface area (Å²) >= 11 is 0. The fraction of sp³-hybridized carbons (Fsp3) is 0.316. The van der Waals surface area contributed by atoms with Crippen LogP contribution in [0, 0.1) is 5.82 Å². The van der Waals surface area contributed by atoms with Crippen LogP contribution >= 0.6 is 0 Å². The van der Waals surface area contributed by atoms with Crippen molar-refractivity contribution < 1.29 is 4.39 Å². The van der Waals surface area contributed by atoms with E-state index >= 15 is 0 Å². The minimum Gasteiger partial charge on any atom is -0.322 e. The minimum atomic E-state index is -0.305. The molecule has 1 aliphatic heterocycles. The molecule has 0 aromatic carbocycles. The molecule has 0 radical (unpaired) electrons. The number of likely N-dealkylation sites (tertiary alicyclic amines) is 1. The number of aromatic nitrogens is 5. The van der Waals surface area contributed by atoms with Crippen molar-refractivity contribution in [2.75, 3.05) is 18.4 Å². The third kappa shape index (κ3) is 4.59. The monoisotopic (exact) mass is 365 g/mol. The number of pyridine rings is 1. The van der Waals surface area contributed by atoms with E-state index in [1.807, 2.05) is 6.20 Å². The number of hydrogen-bond acceptors (Lipinski definition) is 7. The molecule has 0 aliphatic carbocycles. The molecule has 138 valence electrons. The summed E-state index contributed by atoms with van der Waals surface area (Å²) in [6.07, 6.45) is 11.9. The number of nitrogens with one attached hydrogen (secondary N) is 1. The lowest BCUT2D eigenvalue weighted by Crippen LogP contribution is -2.34. The summed E-state index contributed by atoms with van der Waals surface area (Å²) in [6, 6.07) is 3.20. The van der Waals surface area contributed by atoms with Crippen LogP contribution < -0.4 is 5.32 Å². The van der Waals surface area contributed by atoms with Gasteiger partial charge in [-0.05, 0) is 31.5 Å². The first-order valence-electron chi connectivity index (χ1n) is 8.94. The fourth-order valence-corrected chi connectivity index (χ4v) is 3.28. The largest absolute Gasteiger partial charge is 0.322 e. The highest BCUT2D eigenvalue weighted by Crippen LogP contribution is 2.26. The van der Waals surface area contributed by atoms with E-state index in [0.29, 0.717) is 17.6 Å². The van der Waals surface area contributed by atoms with E-state index < -0.39 is 0 Å². The van der Waals surface area contributed by atoms with Crippen molar-refractivity contribution in [3.63, 3.8) is 0 Å². The lowest BCUT2D eigenvalue weighted by atomic mass is 9.95. The molecule has 0 saturated carbocycles. The van der Waals surface area contributed by atoms with Gasteiger partial charge >= 0.3 is 0 Å². The predicted octanol–water partition coefficient (Wildman–Crippen LogP) is 2.92. The first-order chi connectivity index (χ1) is 13.3. The van der Waals surface area contributed by atoms with Gasteiger partial charge in [0.15, 0.2) is 0 Å². The van der Waals surface area contributed by atoms with E-state index in [-0.39, 0.29) is 5.82 Å². The topological polar surface area (TPSA) is 79.7 Å². The number of nitrogens with zero attached hydrogens (tertiary/aromatic N) is 6. The maximum Gasteiger partial charge on any atom is 0.150 e. The van der Waals surface area contributed by atoms with Gasteiger partial charge in [0.05, 0.1) is 36.2 Å². The number of halogens is 1. The summed E-state index contributed by atoms with van der Waals surface area (Å²) in [7, 11) is 0. The molecule has 1 atom stereocenters. The molecular formula is C19H20FN7. The zero-order valence-electron chi connectivity index (χ0n) is 14.8. The summed E-state index contributed by atoms with van der Waals surface area (Å²) in [5.41, 5.74) is 1.86. The van der Waals surface area contributed by atoms with Gasteiger partial charge in [-0.25, -0.2) is 14.4 Å². The molecule has 1 fully saturated rings. The molecule has 1 N–H and O–H groups in total. The number of piperidine rings is 1. The van der Waals surface area contributed by atoms with Crippen LogP contribution in [0.15, 0.2) is 49.3 Å². The molecule has 1 aliphatic rings. The molecule has 4 heterocycles. The van der Waals surface area contributed by atoms with Crippen LogP contribution in [0.4, 0.5) is 16.0 Å². The van der Waals surface area contributed by atoms with Crippen LogP contribution in [0.2, 0.25) is 0 Å². The highest BCUT2D eigenvalue weighted by Gasteiger charge is 2.23. The molecule has 27 heavy (non-hydrogen) atoms. The Morgan fingerprint density at radius 3 is 2.67 bits per heavy atom. The van der Waals surface area contributed by atoms with Gasteiger partial charge in [0.2, 0.25) is 0 Å². The van der Waals surface area contributed by atoms with Crippen LogP contribution in [0.25, 0.3) is 0 Å². The van der Waals surface area contributed by atoms with Crippen molar-refractivity contribution in [2.45, 2.75) is 25.3 Å². The molecule has 0 unspecified atom stereocenters. The molecule has 3 aromatic rings. The zero-order valence-corrected chi connectivity index (χ0v) is 14.8. The lowest BCUT2D eigenvalue weighted by molar-refractivity contribution is 0.196. The quantitative estimate of drug-likeness (QED) is 0.744. The Hall–Kier alpha value is -3.00. The standard InChI is InChI=1S/C19H20FN7/c20-15-3-4-16(23-8-15)13-27-7-1-2-14(12-27)17-9-25-19(11-24-17)26-18-10-21-5-6-22-18/h3-6,8-11,14H,1-2,7,12-13H2,(H,22,25,26)/t14-/m0/s1. The Balaban J connectivity index is 1.38. The average Bonchev–Trinajstić information content (AvgIpc) is 2.71. The van der Waals surface area contributed by atoms with Gasteiger partial charge in [-0.2, -0.15) is 0 Å². The maximum atomic E-state index is 13.0. The van der Waals surface area contributed by atoms with Gasteiger partial charge in [-0.1, -0.05) is 0 Å². The van der Waals surface area contributed by atoms with Gasteiger partial charge in [0.1, 0.15) is 17.5 Å². The first-order valence-corrected chi connectivity index (χ1v) is 8.94. The third-order valence-electron chi connectivity index (χ3n) is 4.59. The summed E-state index contributed by atoms with van der Waals surface area (Å²) in [5, 5.41) is 3.08. The molecule has 0 bridgehead atoms. The zero-order chi connectivity index (χ0) is 18.5. The summed E-state index contributed by atoms with van der Waals surface area (Å²) in [4.78, 5) is 23.7. The van der Waals surface area contributed by atoms with Crippen molar-refractivity contribution in [1.29, 1.82) is 0 Å². The SMILES string of the molecule is Fc1ccc(CN2CCC[C@H](c3cnc(Nc4cnccn4)cn3)C2)nc1. The Bertz CT molecular complexity index is 855. The van der Waals surface area contributed by atoms with E-state index in [4.69, 9.17) is 0 Å². The predicted molar refractivity (Wildman–Crippen MR) is 98.8 cm³/mol. The second-order valence-corrected chi connectivity index (χ2v) is 6.58. The molecule has 4 rings (SSSR count). The van der Waals surface area contributed by atoms with Crippen molar-refractivity contribution >= 4 is 11.6 Å². The van der Waals surface area contributed by atoms with Gasteiger partial charge in [-0.3, -0.25) is 19.9 Å². The van der Waals surface area contributed by atoms with Crippen LogP contribution in [-0.2, 0) is 6.54 Å². The molecule has 8 heteroatoms. The number of anilines is 2. The third-order valence-corrected chi connectivity index (χ3v) is 4.59. The molecule has 1 saturated heterocycles. The van der Waals surface area contributed by atoms with Gasteiger partial charge in [0.25, 0.3) is 0 Å². The van der Waals surface area contributed by atoms with Crippen LogP contribution in [0.3, 0.4) is 0 Å². The smallest absolute Gasteiger partial charge is 0.150 e. The number of hydrogen-bond donors (Lipinski definition) is 1. The van der Waals surface area contributed by atoms with Crippen molar-refractivity contribution in [3.8, 4) is 0 Å². The Morgan fingerprint density at radius 1 is 1.00 bits per heavy atom. The van der Waals surface area contributed by atoms with Crippen LogP contribution in [0.5, 0.6) is 0 Å². The van der Waals surface area contributed by atoms with Crippen molar-refractivity contribution in [2.24, 2.45) is 0 Å². The molecule has 0 amide bonds. The average molecular weight is 365 g/mol. The van der Waals surface area contributed by atoms with Crippen molar-refractivity contribution in [1.82, 2.24) is 29.8 Å². The summed E-state index contributed by atoms with van der Waals surface area (Å²) in [5.74, 6) is 1.30. The van der Waals surface area contributed by atoms with E-state index in [1.165, 1.54) is 12.3 Å². The van der Waals surface area contributed by atoms with Gasteiger partial charge in [-0.15, -0.1) is 0 Å². The highest BCUT2D eigenvalue weighted by molar-refractivity contribution is 5.48. The van der Waals surface area contributed by atoms with Crippen molar-refractivity contribution in [3.05, 3.63) is 66.5 Å². The van der Waals surface area contributed by atoms with E-state index in [1.54, 1.807) is 30.9 Å². The Kier molecular flexibility index (Phi) is 5.24. The fourth-order valence-electron chi connectivity index (χ4n) is 3.28. The lowest BCUT2D eigenvalue weighted by Gasteiger charge is -2.32. The van der Waals surface area contributed by atoms with E-state index in [0.717, 1.165) is 43.9 Å². The molecule has 3 aromatic heterocycles. The first kappa shape index (κ1) is 17.4.